The number of halogens is 1. The average Bonchev–Trinajstić information content (AvgIpc) is 2.09. The van der Waals surface area contributed by atoms with E-state index in [2.05, 4.69) is 22.0 Å². The second-order valence-electron chi connectivity index (χ2n) is 2.49. The predicted molar refractivity (Wildman–Crippen MR) is 53.4 cm³/mol. The van der Waals surface area contributed by atoms with E-state index in [-0.39, 0.29) is 0 Å². The zero-order chi connectivity index (χ0) is 8.97. The summed E-state index contributed by atoms with van der Waals surface area (Å²) in [5.41, 5.74) is 1.77. The summed E-state index contributed by atoms with van der Waals surface area (Å²) in [4.78, 5) is 0. The van der Waals surface area contributed by atoms with Gasteiger partial charge in [-0.15, -0.1) is 0 Å². The molecule has 0 unspecified atom stereocenters. The number of nitrogens with zero attached hydrogens (tertiary/aromatic N) is 1. The first-order valence-corrected chi connectivity index (χ1v) is 4.35. The first-order chi connectivity index (χ1) is 5.72. The van der Waals surface area contributed by atoms with Crippen molar-refractivity contribution in [3.8, 4) is 6.07 Å². The highest BCUT2D eigenvalue weighted by Gasteiger charge is 1.89. The Morgan fingerprint density at radius 1 is 1.42 bits per heavy atom. The van der Waals surface area contributed by atoms with Gasteiger partial charge in [0.2, 0.25) is 0 Å². The standard InChI is InChI=1S/C10H8BrN/c1-8(7-12)6-9-2-4-10(11)5-3-9/h2-6H,1H3/b8-6+. The van der Waals surface area contributed by atoms with Gasteiger partial charge in [0.05, 0.1) is 6.07 Å². The molecular formula is C10H8BrN. The van der Waals surface area contributed by atoms with E-state index in [9.17, 15) is 0 Å². The summed E-state index contributed by atoms with van der Waals surface area (Å²) in [7, 11) is 0. The van der Waals surface area contributed by atoms with E-state index in [1.807, 2.05) is 30.3 Å². The maximum Gasteiger partial charge on any atom is 0.0944 e. The molecule has 1 aromatic rings. The molecule has 0 amide bonds. The molecular weight excluding hydrogens is 214 g/mol. The maximum absolute atomic E-state index is 8.52. The minimum absolute atomic E-state index is 0.720. The third kappa shape index (κ3) is 2.52. The van der Waals surface area contributed by atoms with E-state index >= 15 is 0 Å². The molecule has 1 aromatic carbocycles. The molecule has 0 fully saturated rings. The van der Waals surface area contributed by atoms with Crippen LogP contribution < -0.4 is 0 Å². The Morgan fingerprint density at radius 3 is 2.50 bits per heavy atom. The molecule has 2 heteroatoms. The Kier molecular flexibility index (Phi) is 3.07. The zero-order valence-electron chi connectivity index (χ0n) is 6.71. The predicted octanol–water partition coefficient (Wildman–Crippen LogP) is 3.38. The fourth-order valence-electron chi connectivity index (χ4n) is 0.841. The van der Waals surface area contributed by atoms with E-state index in [1.165, 1.54) is 0 Å². The smallest absolute Gasteiger partial charge is 0.0944 e. The van der Waals surface area contributed by atoms with Crippen LogP contribution in [0.4, 0.5) is 0 Å². The van der Waals surface area contributed by atoms with Crippen LogP contribution in [0.1, 0.15) is 12.5 Å². The first kappa shape index (κ1) is 9.02. The van der Waals surface area contributed by atoms with Gasteiger partial charge < -0.3 is 0 Å². The van der Waals surface area contributed by atoms with Gasteiger partial charge in [0.15, 0.2) is 0 Å². The molecule has 0 radical (unpaired) electrons. The maximum atomic E-state index is 8.52. The molecule has 0 N–H and O–H groups in total. The molecule has 0 aliphatic carbocycles. The summed E-state index contributed by atoms with van der Waals surface area (Å²) in [5, 5.41) is 8.52. The van der Waals surface area contributed by atoms with Crippen molar-refractivity contribution < 1.29 is 0 Å². The lowest BCUT2D eigenvalue weighted by molar-refractivity contribution is 1.46. The quantitative estimate of drug-likeness (QED) is 0.668. The fraction of sp³-hybridized carbons (Fsp3) is 0.100. The summed E-state index contributed by atoms with van der Waals surface area (Å²) < 4.78 is 1.05. The van der Waals surface area contributed by atoms with E-state index in [0.717, 1.165) is 15.6 Å². The molecule has 0 saturated carbocycles. The topological polar surface area (TPSA) is 23.8 Å². The molecule has 0 bridgehead atoms. The summed E-state index contributed by atoms with van der Waals surface area (Å²) in [6.45, 7) is 1.79. The molecule has 12 heavy (non-hydrogen) atoms. The van der Waals surface area contributed by atoms with E-state index in [0.29, 0.717) is 0 Å². The number of benzene rings is 1. The Balaban J connectivity index is 2.93. The molecule has 0 spiro atoms. The second-order valence-corrected chi connectivity index (χ2v) is 3.41. The molecule has 0 saturated heterocycles. The molecule has 1 rings (SSSR count). The van der Waals surface area contributed by atoms with Gasteiger partial charge in [-0.25, -0.2) is 0 Å². The highest BCUT2D eigenvalue weighted by atomic mass is 79.9. The Morgan fingerprint density at radius 2 is 2.00 bits per heavy atom. The van der Waals surface area contributed by atoms with Crippen LogP contribution in [-0.4, -0.2) is 0 Å². The summed E-state index contributed by atoms with van der Waals surface area (Å²) in [6.07, 6.45) is 1.85. The van der Waals surface area contributed by atoms with Crippen LogP contribution in [-0.2, 0) is 0 Å². The van der Waals surface area contributed by atoms with Crippen LogP contribution in [0, 0.1) is 11.3 Å². The number of allylic oxidation sites excluding steroid dienone is 1. The van der Waals surface area contributed by atoms with Gasteiger partial charge in [-0.05, 0) is 30.7 Å². The summed E-state index contributed by atoms with van der Waals surface area (Å²) >= 11 is 3.34. The number of nitriles is 1. The number of hydrogen-bond acceptors (Lipinski definition) is 1. The van der Waals surface area contributed by atoms with Crippen molar-refractivity contribution in [2.45, 2.75) is 6.92 Å². The van der Waals surface area contributed by atoms with Crippen molar-refractivity contribution in [3.05, 3.63) is 39.9 Å². The highest BCUT2D eigenvalue weighted by molar-refractivity contribution is 9.10. The molecule has 0 atom stereocenters. The molecule has 0 heterocycles. The van der Waals surface area contributed by atoms with Crippen molar-refractivity contribution in [1.82, 2.24) is 0 Å². The van der Waals surface area contributed by atoms with Gasteiger partial charge in [-0.1, -0.05) is 28.1 Å². The van der Waals surface area contributed by atoms with Crippen LogP contribution in [0.2, 0.25) is 0 Å². The fourth-order valence-corrected chi connectivity index (χ4v) is 1.11. The lowest BCUT2D eigenvalue weighted by Crippen LogP contribution is -1.73. The van der Waals surface area contributed by atoms with E-state index < -0.39 is 0 Å². The van der Waals surface area contributed by atoms with Crippen molar-refractivity contribution in [2.75, 3.05) is 0 Å². The van der Waals surface area contributed by atoms with Crippen LogP contribution in [0.5, 0.6) is 0 Å². The lowest BCUT2D eigenvalue weighted by atomic mass is 10.1. The summed E-state index contributed by atoms with van der Waals surface area (Å²) in [5.74, 6) is 0. The van der Waals surface area contributed by atoms with Crippen molar-refractivity contribution in [3.63, 3.8) is 0 Å². The molecule has 0 aliphatic rings. The minimum atomic E-state index is 0.720. The Hall–Kier alpha value is -1.07. The first-order valence-electron chi connectivity index (χ1n) is 3.56. The van der Waals surface area contributed by atoms with Crippen LogP contribution >= 0.6 is 15.9 Å². The van der Waals surface area contributed by atoms with E-state index in [1.54, 1.807) is 6.92 Å². The van der Waals surface area contributed by atoms with Crippen LogP contribution in [0.25, 0.3) is 6.08 Å². The van der Waals surface area contributed by atoms with Crippen LogP contribution in [0.15, 0.2) is 34.3 Å². The van der Waals surface area contributed by atoms with Gasteiger partial charge in [0.1, 0.15) is 0 Å². The molecule has 1 nitrogen and oxygen atoms in total. The lowest BCUT2D eigenvalue weighted by Gasteiger charge is -1.93. The van der Waals surface area contributed by atoms with Crippen molar-refractivity contribution in [2.24, 2.45) is 0 Å². The third-order valence-corrected chi connectivity index (χ3v) is 1.96. The van der Waals surface area contributed by atoms with Gasteiger partial charge in [0, 0.05) is 10.0 Å². The van der Waals surface area contributed by atoms with E-state index in [4.69, 9.17) is 5.26 Å². The molecule has 0 aliphatic heterocycles. The van der Waals surface area contributed by atoms with Crippen LogP contribution in [0.3, 0.4) is 0 Å². The molecule has 60 valence electrons. The summed E-state index contributed by atoms with van der Waals surface area (Å²) in [6, 6.07) is 9.91. The highest BCUT2D eigenvalue weighted by Crippen LogP contribution is 2.12. The van der Waals surface area contributed by atoms with Gasteiger partial charge in [-0.3, -0.25) is 0 Å². The second kappa shape index (κ2) is 4.08. The SMILES string of the molecule is C/C(C#N)=C\c1ccc(Br)cc1. The third-order valence-electron chi connectivity index (χ3n) is 1.43. The van der Waals surface area contributed by atoms with Gasteiger partial charge in [-0.2, -0.15) is 5.26 Å². The average molecular weight is 222 g/mol. The molecule has 0 aromatic heterocycles. The zero-order valence-corrected chi connectivity index (χ0v) is 8.30. The van der Waals surface area contributed by atoms with Crippen molar-refractivity contribution in [1.29, 1.82) is 5.26 Å². The number of hydrogen-bond donors (Lipinski definition) is 0. The normalized spacial score (nSPS) is 10.9. The Labute approximate surface area is 80.5 Å². The Bertz CT molecular complexity index is 330. The monoisotopic (exact) mass is 221 g/mol. The largest absolute Gasteiger partial charge is 0.193 e. The number of rotatable bonds is 1. The van der Waals surface area contributed by atoms with Gasteiger partial charge >= 0.3 is 0 Å². The minimum Gasteiger partial charge on any atom is -0.193 e. The van der Waals surface area contributed by atoms with Crippen molar-refractivity contribution >= 4 is 22.0 Å². The van der Waals surface area contributed by atoms with Gasteiger partial charge in [0.25, 0.3) is 0 Å².